The van der Waals surface area contributed by atoms with Gasteiger partial charge in [0.2, 0.25) is 5.91 Å². The lowest BCUT2D eigenvalue weighted by atomic mass is 9.97. The number of hydrogen-bond acceptors (Lipinski definition) is 5. The molecule has 0 bridgehead atoms. The van der Waals surface area contributed by atoms with Gasteiger partial charge in [0, 0.05) is 23.9 Å². The van der Waals surface area contributed by atoms with Gasteiger partial charge in [0.1, 0.15) is 0 Å². The van der Waals surface area contributed by atoms with Gasteiger partial charge in [0.25, 0.3) is 0 Å². The second-order valence-electron chi connectivity index (χ2n) is 4.99. The summed E-state index contributed by atoms with van der Waals surface area (Å²) in [6, 6.07) is 6.38. The van der Waals surface area contributed by atoms with E-state index in [0.29, 0.717) is 0 Å². The third-order valence-corrected chi connectivity index (χ3v) is 5.56. The van der Waals surface area contributed by atoms with Crippen LogP contribution < -0.4 is 10.6 Å². The summed E-state index contributed by atoms with van der Waals surface area (Å²) in [5.74, 6) is -0.137. The summed E-state index contributed by atoms with van der Waals surface area (Å²) >= 11 is 3.47. The molecule has 20 heavy (non-hydrogen) atoms. The number of aromatic nitrogens is 1. The van der Waals surface area contributed by atoms with Gasteiger partial charge >= 0.3 is 0 Å². The lowest BCUT2D eigenvalue weighted by Crippen LogP contribution is -2.38. The molecule has 0 atom stereocenters. The van der Waals surface area contributed by atoms with Gasteiger partial charge in [-0.2, -0.15) is 0 Å². The third kappa shape index (κ3) is 2.62. The number of benzene rings is 1. The number of rotatable bonds is 3. The Morgan fingerprint density at radius 1 is 1.45 bits per heavy atom. The maximum Gasteiger partial charge on any atom is 0.220 e. The summed E-state index contributed by atoms with van der Waals surface area (Å²) in [6.07, 6.45) is 3.75. The lowest BCUT2D eigenvalue weighted by Gasteiger charge is -2.30. The van der Waals surface area contributed by atoms with E-state index in [1.54, 1.807) is 23.1 Å². The molecule has 0 aliphatic carbocycles. The number of anilines is 1. The van der Waals surface area contributed by atoms with Crippen molar-refractivity contribution < 1.29 is 4.79 Å². The predicted octanol–water partition coefficient (Wildman–Crippen LogP) is 2.72. The number of hydrogen-bond donors (Lipinski definition) is 1. The molecular weight excluding hydrogens is 290 g/mol. The first-order valence-corrected chi connectivity index (χ1v) is 8.70. The zero-order valence-corrected chi connectivity index (χ0v) is 13.0. The third-order valence-electron chi connectivity index (χ3n) is 3.75. The van der Waals surface area contributed by atoms with E-state index in [4.69, 9.17) is 10.7 Å². The molecule has 1 saturated heterocycles. The van der Waals surface area contributed by atoms with Gasteiger partial charge in [-0.05, 0) is 37.3 Å². The highest BCUT2D eigenvalue weighted by atomic mass is 32.2. The molecule has 1 aliphatic heterocycles. The van der Waals surface area contributed by atoms with E-state index >= 15 is 0 Å². The van der Waals surface area contributed by atoms with Crippen LogP contribution in [0.1, 0.15) is 12.8 Å². The largest absolute Gasteiger partial charge is 0.369 e. The number of fused-ring (bicyclic) bond motifs is 1. The Morgan fingerprint density at radius 3 is 2.85 bits per heavy atom. The van der Waals surface area contributed by atoms with Crippen LogP contribution in [0.15, 0.2) is 23.1 Å². The minimum absolute atomic E-state index is 0.0312. The Kier molecular flexibility index (Phi) is 3.85. The molecule has 0 radical (unpaired) electrons. The second-order valence-corrected chi connectivity index (χ2v) is 6.88. The number of primary amides is 1. The van der Waals surface area contributed by atoms with Crippen LogP contribution in [0.5, 0.6) is 0 Å². The van der Waals surface area contributed by atoms with Gasteiger partial charge in [-0.25, -0.2) is 4.98 Å². The van der Waals surface area contributed by atoms with E-state index in [1.807, 2.05) is 0 Å². The fourth-order valence-corrected chi connectivity index (χ4v) is 4.08. The Labute approximate surface area is 126 Å². The maximum absolute atomic E-state index is 11.2. The molecule has 1 fully saturated rings. The molecule has 2 aromatic rings. The zero-order valence-electron chi connectivity index (χ0n) is 11.3. The Hall–Kier alpha value is -1.27. The van der Waals surface area contributed by atoms with Crippen LogP contribution in [0.3, 0.4) is 0 Å². The van der Waals surface area contributed by atoms with Crippen molar-refractivity contribution in [3.8, 4) is 0 Å². The minimum Gasteiger partial charge on any atom is -0.369 e. The molecule has 106 valence electrons. The standard InChI is InChI=1S/C14H17N3OS2/c1-19-10-2-3-11-12(8-10)20-14(16-11)17-6-4-9(5-7-17)13(15)18/h2-3,8-9H,4-7H2,1H3,(H2,15,18). The average Bonchev–Trinajstić information content (AvgIpc) is 2.90. The SMILES string of the molecule is CSc1ccc2nc(N3CCC(C(N)=O)CC3)sc2c1. The predicted molar refractivity (Wildman–Crippen MR) is 85.5 cm³/mol. The quantitative estimate of drug-likeness (QED) is 0.886. The van der Waals surface area contributed by atoms with Gasteiger partial charge in [-0.1, -0.05) is 11.3 Å². The van der Waals surface area contributed by atoms with Crippen LogP contribution in [-0.2, 0) is 4.79 Å². The van der Waals surface area contributed by atoms with Crippen LogP contribution >= 0.6 is 23.1 Å². The van der Waals surface area contributed by atoms with E-state index in [2.05, 4.69) is 29.4 Å². The molecular formula is C14H17N3OS2. The Morgan fingerprint density at radius 2 is 2.20 bits per heavy atom. The van der Waals surface area contributed by atoms with Gasteiger partial charge in [0.05, 0.1) is 10.2 Å². The van der Waals surface area contributed by atoms with Gasteiger partial charge in [-0.15, -0.1) is 11.8 Å². The van der Waals surface area contributed by atoms with Crippen molar-refractivity contribution in [1.29, 1.82) is 0 Å². The highest BCUT2D eigenvalue weighted by molar-refractivity contribution is 7.98. The van der Waals surface area contributed by atoms with Crippen LogP contribution in [0, 0.1) is 5.92 Å². The highest BCUT2D eigenvalue weighted by Crippen LogP contribution is 2.33. The monoisotopic (exact) mass is 307 g/mol. The first kappa shape index (κ1) is 13.7. The molecule has 2 N–H and O–H groups in total. The topological polar surface area (TPSA) is 59.2 Å². The van der Waals surface area contributed by atoms with Gasteiger partial charge in [-0.3, -0.25) is 4.79 Å². The molecule has 1 aromatic carbocycles. The van der Waals surface area contributed by atoms with Gasteiger partial charge in [0.15, 0.2) is 5.13 Å². The van der Waals surface area contributed by atoms with Crippen molar-refractivity contribution >= 4 is 44.4 Å². The maximum atomic E-state index is 11.2. The molecule has 4 nitrogen and oxygen atoms in total. The molecule has 1 amide bonds. The van der Waals surface area contributed by atoms with E-state index < -0.39 is 0 Å². The van der Waals surface area contributed by atoms with Crippen molar-refractivity contribution in [2.24, 2.45) is 11.7 Å². The number of carbonyl (C=O) groups is 1. The van der Waals surface area contributed by atoms with Crippen LogP contribution in [-0.4, -0.2) is 30.2 Å². The van der Waals surface area contributed by atoms with Crippen molar-refractivity contribution in [1.82, 2.24) is 4.98 Å². The van der Waals surface area contributed by atoms with E-state index in [0.717, 1.165) is 36.6 Å². The highest BCUT2D eigenvalue weighted by Gasteiger charge is 2.24. The number of carbonyl (C=O) groups excluding carboxylic acids is 1. The van der Waals surface area contributed by atoms with Crippen molar-refractivity contribution in [3.63, 3.8) is 0 Å². The summed E-state index contributed by atoms with van der Waals surface area (Å²) in [6.45, 7) is 1.73. The van der Waals surface area contributed by atoms with E-state index in [-0.39, 0.29) is 11.8 Å². The van der Waals surface area contributed by atoms with E-state index in [1.165, 1.54) is 9.60 Å². The molecule has 1 aromatic heterocycles. The molecule has 0 spiro atoms. The summed E-state index contributed by atoms with van der Waals surface area (Å²) in [4.78, 5) is 19.4. The molecule has 0 unspecified atom stereocenters. The molecule has 1 aliphatic rings. The van der Waals surface area contributed by atoms with Crippen LogP contribution in [0.25, 0.3) is 10.2 Å². The fourth-order valence-electron chi connectivity index (χ4n) is 2.51. The number of nitrogens with zero attached hydrogens (tertiary/aromatic N) is 2. The summed E-state index contributed by atoms with van der Waals surface area (Å²) in [7, 11) is 0. The smallest absolute Gasteiger partial charge is 0.220 e. The summed E-state index contributed by atoms with van der Waals surface area (Å²) in [5, 5.41) is 1.06. The molecule has 0 saturated carbocycles. The molecule has 6 heteroatoms. The normalized spacial score (nSPS) is 16.8. The van der Waals surface area contributed by atoms with Crippen LogP contribution in [0.2, 0.25) is 0 Å². The zero-order chi connectivity index (χ0) is 14.1. The average molecular weight is 307 g/mol. The Bertz CT molecular complexity index is 632. The molecule has 2 heterocycles. The van der Waals surface area contributed by atoms with Gasteiger partial charge < -0.3 is 10.6 Å². The minimum atomic E-state index is -0.168. The number of amides is 1. The number of thiazole rings is 1. The second kappa shape index (κ2) is 5.61. The van der Waals surface area contributed by atoms with Crippen molar-refractivity contribution in [2.75, 3.05) is 24.2 Å². The Balaban J connectivity index is 1.79. The van der Waals surface area contributed by atoms with E-state index in [9.17, 15) is 4.79 Å². The number of piperidine rings is 1. The van der Waals surface area contributed by atoms with Crippen LogP contribution in [0.4, 0.5) is 5.13 Å². The molecule has 3 rings (SSSR count). The first-order chi connectivity index (χ1) is 9.67. The summed E-state index contributed by atoms with van der Waals surface area (Å²) < 4.78 is 1.23. The van der Waals surface area contributed by atoms with Crippen molar-refractivity contribution in [2.45, 2.75) is 17.7 Å². The lowest BCUT2D eigenvalue weighted by molar-refractivity contribution is -0.122. The fraction of sp³-hybridized carbons (Fsp3) is 0.429. The van der Waals surface area contributed by atoms with Crippen molar-refractivity contribution in [3.05, 3.63) is 18.2 Å². The number of nitrogens with two attached hydrogens (primary N) is 1. The first-order valence-electron chi connectivity index (χ1n) is 6.66. The number of thioether (sulfide) groups is 1. The summed E-state index contributed by atoms with van der Waals surface area (Å²) in [5.41, 5.74) is 6.43.